The van der Waals surface area contributed by atoms with Crippen LogP contribution in [0.25, 0.3) is 0 Å². The maximum Gasteiger partial charge on any atom is 0.329 e. The number of ether oxygens (including phenoxy) is 1. The van der Waals surface area contributed by atoms with Crippen LogP contribution in [0.5, 0.6) is 0 Å². The number of aromatic amines is 1. The van der Waals surface area contributed by atoms with Crippen LogP contribution in [0.15, 0.2) is 12.5 Å². The second-order valence-corrected chi connectivity index (χ2v) is 6.37. The van der Waals surface area contributed by atoms with Crippen LogP contribution in [0, 0.1) is 0 Å². The van der Waals surface area contributed by atoms with Crippen LogP contribution in [0.2, 0.25) is 0 Å². The average Bonchev–Trinajstić information content (AvgIpc) is 3.10. The van der Waals surface area contributed by atoms with Crippen LogP contribution >= 0.6 is 11.8 Å². The van der Waals surface area contributed by atoms with E-state index in [4.69, 9.17) is 5.73 Å². The fourth-order valence-electron chi connectivity index (χ4n) is 2.03. The van der Waals surface area contributed by atoms with Gasteiger partial charge < -0.3 is 26.1 Å². The number of carbonyl (C=O) groups excluding carboxylic acids is 4. The predicted molar refractivity (Wildman–Crippen MR) is 95.0 cm³/mol. The van der Waals surface area contributed by atoms with E-state index in [2.05, 4.69) is 25.3 Å². The van der Waals surface area contributed by atoms with Crippen molar-refractivity contribution in [2.75, 3.05) is 19.4 Å². The first-order valence-electron chi connectivity index (χ1n) is 7.85. The van der Waals surface area contributed by atoms with Crippen LogP contribution in [-0.2, 0) is 30.3 Å². The Morgan fingerprint density at radius 1 is 1.31 bits per heavy atom. The molecule has 1 aromatic rings. The monoisotopic (exact) mass is 385 g/mol. The molecule has 0 spiro atoms. The summed E-state index contributed by atoms with van der Waals surface area (Å²) in [7, 11) is 1.19. The molecule has 1 aromatic heterocycles. The van der Waals surface area contributed by atoms with Crippen molar-refractivity contribution in [3.8, 4) is 0 Å². The minimum Gasteiger partial charge on any atom is -0.467 e. The Labute approximate surface area is 155 Å². The smallest absolute Gasteiger partial charge is 0.329 e. The van der Waals surface area contributed by atoms with Gasteiger partial charge in [0, 0.05) is 44.0 Å². The van der Waals surface area contributed by atoms with Crippen molar-refractivity contribution in [2.24, 2.45) is 5.73 Å². The lowest BCUT2D eigenvalue weighted by Gasteiger charge is -2.19. The van der Waals surface area contributed by atoms with Crippen LogP contribution in [-0.4, -0.2) is 64.4 Å². The van der Waals surface area contributed by atoms with Crippen molar-refractivity contribution in [1.29, 1.82) is 0 Å². The maximum atomic E-state index is 12.5. The molecule has 0 bridgehead atoms. The fraction of sp³-hybridized carbons (Fsp3) is 0.533. The highest BCUT2D eigenvalue weighted by Gasteiger charge is 2.26. The van der Waals surface area contributed by atoms with Gasteiger partial charge >= 0.3 is 5.97 Å². The molecule has 0 aliphatic rings. The Hall–Kier alpha value is -2.40. The summed E-state index contributed by atoms with van der Waals surface area (Å²) in [6.45, 7) is 1.42. The third-order valence-corrected chi connectivity index (χ3v) is 4.29. The summed E-state index contributed by atoms with van der Waals surface area (Å²) < 4.78 is 4.61. The van der Waals surface area contributed by atoms with Crippen molar-refractivity contribution in [3.05, 3.63) is 18.2 Å². The third kappa shape index (κ3) is 7.66. The molecule has 10 nitrogen and oxygen atoms in total. The lowest BCUT2D eigenvalue weighted by molar-refractivity contribution is -0.144. The standard InChI is InChI=1S/C15H23N5O5S/c1-9(21)19-12(14(23)25-2)7-26-15(24)11(20-13(22)3-4-16)5-10-6-17-8-18-10/h6,8,11-12H,3-5,7,16H2,1-2H3,(H,17,18)(H,19,21)(H,20,22)/t11-,12?/m0/s1. The van der Waals surface area contributed by atoms with E-state index in [0.717, 1.165) is 11.8 Å². The molecular formula is C15H23N5O5S. The largest absolute Gasteiger partial charge is 0.467 e. The SMILES string of the molecule is COC(=O)C(CSC(=O)[C@H](Cc1cnc[nH]1)NC(=O)CCN)NC(C)=O. The van der Waals surface area contributed by atoms with Gasteiger partial charge in [-0.1, -0.05) is 11.8 Å². The molecule has 0 aliphatic heterocycles. The molecule has 2 atom stereocenters. The maximum absolute atomic E-state index is 12.5. The number of nitrogens with two attached hydrogens (primary N) is 1. The van der Waals surface area contributed by atoms with Crippen LogP contribution in [0.4, 0.5) is 0 Å². The highest BCUT2D eigenvalue weighted by Crippen LogP contribution is 2.12. The first-order valence-corrected chi connectivity index (χ1v) is 8.84. The number of carbonyl (C=O) groups is 4. The van der Waals surface area contributed by atoms with Gasteiger partial charge in [-0.3, -0.25) is 14.4 Å². The number of nitrogens with zero attached hydrogens (tertiary/aromatic N) is 1. The molecule has 1 heterocycles. The summed E-state index contributed by atoms with van der Waals surface area (Å²) in [5.41, 5.74) is 6.02. The topological polar surface area (TPSA) is 156 Å². The van der Waals surface area contributed by atoms with Gasteiger partial charge in [0.25, 0.3) is 0 Å². The Balaban J connectivity index is 2.74. The summed E-state index contributed by atoms with van der Waals surface area (Å²) in [4.78, 5) is 54.0. The quantitative estimate of drug-likeness (QED) is 0.363. The van der Waals surface area contributed by atoms with E-state index in [-0.39, 0.29) is 36.2 Å². The van der Waals surface area contributed by atoms with Crippen molar-refractivity contribution in [1.82, 2.24) is 20.6 Å². The molecule has 5 N–H and O–H groups in total. The van der Waals surface area contributed by atoms with E-state index < -0.39 is 24.0 Å². The Morgan fingerprint density at radius 2 is 2.04 bits per heavy atom. The molecule has 11 heteroatoms. The van der Waals surface area contributed by atoms with Gasteiger partial charge in [-0.05, 0) is 0 Å². The molecule has 1 unspecified atom stereocenters. The van der Waals surface area contributed by atoms with Gasteiger partial charge in [0.05, 0.1) is 13.4 Å². The molecule has 144 valence electrons. The highest BCUT2D eigenvalue weighted by molar-refractivity contribution is 8.13. The van der Waals surface area contributed by atoms with Gasteiger partial charge in [-0.25, -0.2) is 9.78 Å². The number of methoxy groups -OCH3 is 1. The molecule has 2 amide bonds. The second-order valence-electron chi connectivity index (χ2n) is 5.35. The number of esters is 1. The minimum absolute atomic E-state index is 0.0165. The van der Waals surface area contributed by atoms with Gasteiger partial charge in [-0.2, -0.15) is 0 Å². The van der Waals surface area contributed by atoms with E-state index in [1.54, 1.807) is 6.20 Å². The third-order valence-electron chi connectivity index (χ3n) is 3.23. The van der Waals surface area contributed by atoms with Gasteiger partial charge in [0.15, 0.2) is 0 Å². The number of amides is 2. The molecule has 0 aliphatic carbocycles. The highest BCUT2D eigenvalue weighted by atomic mass is 32.2. The molecular weight excluding hydrogens is 362 g/mol. The lowest BCUT2D eigenvalue weighted by atomic mass is 10.2. The molecule has 26 heavy (non-hydrogen) atoms. The normalized spacial score (nSPS) is 12.7. The molecule has 0 saturated heterocycles. The zero-order chi connectivity index (χ0) is 19.5. The van der Waals surface area contributed by atoms with Crippen LogP contribution in [0.3, 0.4) is 0 Å². The van der Waals surface area contributed by atoms with E-state index in [0.29, 0.717) is 5.69 Å². The van der Waals surface area contributed by atoms with Crippen molar-refractivity contribution < 1.29 is 23.9 Å². The average molecular weight is 385 g/mol. The van der Waals surface area contributed by atoms with E-state index in [9.17, 15) is 19.2 Å². The number of imidazole rings is 1. The van der Waals surface area contributed by atoms with E-state index >= 15 is 0 Å². The Bertz CT molecular complexity index is 622. The molecule has 0 aromatic carbocycles. The number of aromatic nitrogens is 2. The summed E-state index contributed by atoms with van der Waals surface area (Å²) in [5.74, 6) is -1.44. The van der Waals surface area contributed by atoms with Gasteiger partial charge in [0.2, 0.25) is 16.9 Å². The molecule has 0 radical (unpaired) electrons. The second kappa shape index (κ2) is 11.3. The van der Waals surface area contributed by atoms with Crippen molar-refractivity contribution in [2.45, 2.75) is 31.8 Å². The zero-order valence-electron chi connectivity index (χ0n) is 14.6. The minimum atomic E-state index is -0.959. The number of hydrogen-bond acceptors (Lipinski definition) is 8. The first kappa shape index (κ1) is 21.6. The Kier molecular flexibility index (Phi) is 9.37. The van der Waals surface area contributed by atoms with Crippen molar-refractivity contribution >= 4 is 34.7 Å². The van der Waals surface area contributed by atoms with Crippen LogP contribution in [0.1, 0.15) is 19.0 Å². The van der Waals surface area contributed by atoms with E-state index in [1.165, 1.54) is 20.4 Å². The molecule has 0 fully saturated rings. The number of hydrogen-bond donors (Lipinski definition) is 4. The summed E-state index contributed by atoms with van der Waals surface area (Å²) in [6, 6.07) is -1.78. The number of nitrogens with one attached hydrogen (secondary N) is 3. The first-order chi connectivity index (χ1) is 12.4. The fourth-order valence-corrected chi connectivity index (χ4v) is 2.92. The summed E-state index contributed by atoms with van der Waals surface area (Å²) >= 11 is 0.826. The summed E-state index contributed by atoms with van der Waals surface area (Å²) in [5, 5.41) is 4.69. The Morgan fingerprint density at radius 3 is 2.58 bits per heavy atom. The van der Waals surface area contributed by atoms with Crippen LogP contribution < -0.4 is 16.4 Å². The van der Waals surface area contributed by atoms with Gasteiger partial charge in [-0.15, -0.1) is 0 Å². The summed E-state index contributed by atoms with van der Waals surface area (Å²) in [6.07, 6.45) is 3.32. The molecule has 1 rings (SSSR count). The van der Waals surface area contributed by atoms with Crippen molar-refractivity contribution in [3.63, 3.8) is 0 Å². The number of thioether (sulfide) groups is 1. The molecule has 0 saturated carbocycles. The lowest BCUT2D eigenvalue weighted by Crippen LogP contribution is -2.45. The predicted octanol–water partition coefficient (Wildman–Crippen LogP) is -1.28. The number of rotatable bonds is 10. The number of H-pyrrole nitrogens is 1. The zero-order valence-corrected chi connectivity index (χ0v) is 15.4. The van der Waals surface area contributed by atoms with E-state index in [1.807, 2.05) is 0 Å². The van der Waals surface area contributed by atoms with Gasteiger partial charge in [0.1, 0.15) is 12.1 Å².